The van der Waals surface area contributed by atoms with E-state index in [2.05, 4.69) is 10.6 Å². The molecule has 1 fully saturated rings. The topological polar surface area (TPSA) is 117 Å². The molecule has 1 unspecified atom stereocenters. The highest BCUT2D eigenvalue weighted by Crippen LogP contribution is 2.33. The Balaban J connectivity index is 1.63. The van der Waals surface area contributed by atoms with Crippen LogP contribution in [0.5, 0.6) is 11.5 Å². The lowest BCUT2D eigenvalue weighted by Crippen LogP contribution is -2.37. The highest BCUT2D eigenvalue weighted by atomic mass is 16.7. The molecule has 0 saturated carbocycles. The number of urea groups is 1. The van der Waals surface area contributed by atoms with Crippen LogP contribution < -0.4 is 20.1 Å². The Morgan fingerprint density at radius 2 is 2.12 bits per heavy atom. The maximum Gasteiger partial charge on any atom is 0.325 e. The first-order valence-corrected chi connectivity index (χ1v) is 7.46. The molecule has 0 aromatic heterocycles. The summed E-state index contributed by atoms with van der Waals surface area (Å²) in [7, 11) is 0. The number of carbonyl (C=O) groups is 3. The van der Waals surface area contributed by atoms with Crippen molar-refractivity contribution in [1.82, 2.24) is 15.5 Å². The number of benzene rings is 1. The van der Waals surface area contributed by atoms with Crippen molar-refractivity contribution in [2.45, 2.75) is 19.0 Å². The van der Waals surface area contributed by atoms with Crippen LogP contribution in [0.4, 0.5) is 4.79 Å². The van der Waals surface area contributed by atoms with Crippen LogP contribution in [0.25, 0.3) is 0 Å². The summed E-state index contributed by atoms with van der Waals surface area (Å²) in [4.78, 5) is 37.0. The van der Waals surface area contributed by atoms with Gasteiger partial charge in [-0.05, 0) is 17.7 Å². The number of rotatable bonds is 6. The van der Waals surface area contributed by atoms with E-state index in [0.717, 1.165) is 4.90 Å². The van der Waals surface area contributed by atoms with E-state index in [4.69, 9.17) is 14.6 Å². The Morgan fingerprint density at radius 3 is 2.92 bits per heavy atom. The molecule has 3 N–H and O–H groups in total. The average Bonchev–Trinajstić information content (AvgIpc) is 3.13. The van der Waals surface area contributed by atoms with Gasteiger partial charge in [0.25, 0.3) is 5.91 Å². The van der Waals surface area contributed by atoms with Gasteiger partial charge in [-0.25, -0.2) is 4.79 Å². The lowest BCUT2D eigenvalue weighted by Gasteiger charge is -2.13. The van der Waals surface area contributed by atoms with Crippen LogP contribution in [0, 0.1) is 0 Å². The van der Waals surface area contributed by atoms with Crippen molar-refractivity contribution in [3.8, 4) is 11.5 Å². The van der Waals surface area contributed by atoms with E-state index in [0.29, 0.717) is 17.1 Å². The molecule has 0 spiro atoms. The lowest BCUT2D eigenvalue weighted by atomic mass is 10.1. The number of hydrogen-bond acceptors (Lipinski definition) is 6. The largest absolute Gasteiger partial charge is 0.454 e. The molecule has 2 heterocycles. The summed E-state index contributed by atoms with van der Waals surface area (Å²) >= 11 is 0. The molecule has 1 aromatic rings. The molecule has 1 atom stereocenters. The third kappa shape index (κ3) is 3.25. The van der Waals surface area contributed by atoms with Gasteiger partial charge in [0.2, 0.25) is 12.7 Å². The van der Waals surface area contributed by atoms with Crippen molar-refractivity contribution in [2.24, 2.45) is 0 Å². The van der Waals surface area contributed by atoms with Gasteiger partial charge in [-0.1, -0.05) is 6.07 Å². The monoisotopic (exact) mass is 335 g/mol. The number of nitrogens with one attached hydrogen (secondary N) is 2. The average molecular weight is 335 g/mol. The number of ether oxygens (including phenoxy) is 2. The van der Waals surface area contributed by atoms with Crippen LogP contribution >= 0.6 is 0 Å². The van der Waals surface area contributed by atoms with Gasteiger partial charge in [-0.3, -0.25) is 14.5 Å². The quantitative estimate of drug-likeness (QED) is 0.594. The number of aliphatic hydroxyl groups is 1. The van der Waals surface area contributed by atoms with Crippen LogP contribution in [0.1, 0.15) is 12.0 Å². The van der Waals surface area contributed by atoms with Gasteiger partial charge in [-0.15, -0.1) is 0 Å². The van der Waals surface area contributed by atoms with Crippen molar-refractivity contribution < 1.29 is 29.0 Å². The minimum absolute atomic E-state index is 0.0794. The molecule has 24 heavy (non-hydrogen) atoms. The van der Waals surface area contributed by atoms with Crippen molar-refractivity contribution in [3.63, 3.8) is 0 Å². The number of fused-ring (bicyclic) bond motifs is 1. The van der Waals surface area contributed by atoms with E-state index in [1.54, 1.807) is 18.2 Å². The fraction of sp³-hybridized carbons (Fsp3) is 0.400. The van der Waals surface area contributed by atoms with Crippen LogP contribution in [-0.4, -0.2) is 53.8 Å². The van der Waals surface area contributed by atoms with E-state index < -0.39 is 23.9 Å². The second-order valence-electron chi connectivity index (χ2n) is 5.39. The molecule has 2 aliphatic heterocycles. The molecule has 9 heteroatoms. The van der Waals surface area contributed by atoms with Gasteiger partial charge in [-0.2, -0.15) is 0 Å². The molecule has 9 nitrogen and oxygen atoms in total. The number of nitrogens with zero attached hydrogens (tertiary/aromatic N) is 1. The van der Waals surface area contributed by atoms with E-state index in [1.165, 1.54) is 0 Å². The molecular formula is C15H17N3O6. The molecule has 2 aliphatic rings. The molecule has 4 amide bonds. The summed E-state index contributed by atoms with van der Waals surface area (Å²) in [6.45, 7) is 0.143. The van der Waals surface area contributed by atoms with Crippen molar-refractivity contribution >= 4 is 17.8 Å². The Kier molecular flexibility index (Phi) is 4.52. The standard InChI is InChI=1S/C15H17N3O6/c19-4-3-16-13(20)6-10-14(21)18(15(22)17-10)7-9-1-2-11-12(5-9)24-8-23-11/h1-2,5,10,19H,3-4,6-8H2,(H,16,20)(H,17,22). The molecule has 1 aromatic carbocycles. The summed E-state index contributed by atoms with van der Waals surface area (Å²) in [5.41, 5.74) is 0.716. The minimum atomic E-state index is -0.898. The first kappa shape index (κ1) is 16.1. The Bertz CT molecular complexity index is 677. The zero-order chi connectivity index (χ0) is 17.1. The summed E-state index contributed by atoms with van der Waals surface area (Å²) in [5.74, 6) is 0.318. The van der Waals surface area contributed by atoms with Crippen LogP contribution in [0.3, 0.4) is 0 Å². The maximum atomic E-state index is 12.3. The summed E-state index contributed by atoms with van der Waals surface area (Å²) in [6, 6.07) is 3.73. The summed E-state index contributed by atoms with van der Waals surface area (Å²) in [5, 5.41) is 13.6. The van der Waals surface area contributed by atoms with Crippen LogP contribution in [0.2, 0.25) is 0 Å². The highest BCUT2D eigenvalue weighted by Gasteiger charge is 2.39. The number of amides is 4. The number of carbonyl (C=O) groups excluding carboxylic acids is 3. The highest BCUT2D eigenvalue weighted by molar-refractivity contribution is 6.05. The van der Waals surface area contributed by atoms with Gasteiger partial charge >= 0.3 is 6.03 Å². The summed E-state index contributed by atoms with van der Waals surface area (Å²) < 4.78 is 10.5. The van der Waals surface area contributed by atoms with Crippen molar-refractivity contribution in [3.05, 3.63) is 23.8 Å². The van der Waals surface area contributed by atoms with Crippen LogP contribution in [-0.2, 0) is 16.1 Å². The van der Waals surface area contributed by atoms with E-state index in [9.17, 15) is 14.4 Å². The van der Waals surface area contributed by atoms with Gasteiger partial charge in [0, 0.05) is 6.54 Å². The van der Waals surface area contributed by atoms with E-state index in [1.807, 2.05) is 0 Å². The second-order valence-corrected chi connectivity index (χ2v) is 5.39. The Labute approximate surface area is 137 Å². The van der Waals surface area contributed by atoms with E-state index >= 15 is 0 Å². The minimum Gasteiger partial charge on any atom is -0.454 e. The molecule has 0 aliphatic carbocycles. The van der Waals surface area contributed by atoms with Crippen molar-refractivity contribution in [1.29, 1.82) is 0 Å². The van der Waals surface area contributed by atoms with E-state index in [-0.39, 0.29) is 32.9 Å². The first-order valence-electron chi connectivity index (χ1n) is 7.46. The van der Waals surface area contributed by atoms with Gasteiger partial charge in [0.1, 0.15) is 6.04 Å². The van der Waals surface area contributed by atoms with Crippen LogP contribution in [0.15, 0.2) is 18.2 Å². The second kappa shape index (κ2) is 6.75. The molecular weight excluding hydrogens is 318 g/mol. The number of aliphatic hydroxyl groups excluding tert-OH is 1. The zero-order valence-corrected chi connectivity index (χ0v) is 12.8. The van der Waals surface area contributed by atoms with Gasteiger partial charge < -0.3 is 25.2 Å². The molecule has 1 saturated heterocycles. The predicted molar refractivity (Wildman–Crippen MR) is 80.1 cm³/mol. The van der Waals surface area contributed by atoms with Crippen molar-refractivity contribution in [2.75, 3.05) is 19.9 Å². The molecule has 0 radical (unpaired) electrons. The number of imide groups is 1. The normalized spacial score (nSPS) is 18.7. The first-order chi connectivity index (χ1) is 11.6. The summed E-state index contributed by atoms with van der Waals surface area (Å²) in [6.07, 6.45) is -0.164. The Morgan fingerprint density at radius 1 is 1.33 bits per heavy atom. The number of hydrogen-bond donors (Lipinski definition) is 3. The fourth-order valence-corrected chi connectivity index (χ4v) is 2.54. The molecule has 128 valence electrons. The Hall–Kier alpha value is -2.81. The third-order valence-corrected chi connectivity index (χ3v) is 3.71. The van der Waals surface area contributed by atoms with Gasteiger partial charge in [0.15, 0.2) is 11.5 Å². The molecule has 3 rings (SSSR count). The smallest absolute Gasteiger partial charge is 0.325 e. The SMILES string of the molecule is O=C(CC1NC(=O)N(Cc2ccc3c(c2)OCO3)C1=O)NCCO. The zero-order valence-electron chi connectivity index (χ0n) is 12.8. The predicted octanol–water partition coefficient (Wildman–Crippen LogP) is -0.666. The fourth-order valence-electron chi connectivity index (χ4n) is 2.54. The lowest BCUT2D eigenvalue weighted by molar-refractivity contribution is -0.131. The van der Waals surface area contributed by atoms with Gasteiger partial charge in [0.05, 0.1) is 19.6 Å². The third-order valence-electron chi connectivity index (χ3n) is 3.71. The maximum absolute atomic E-state index is 12.3. The molecule has 0 bridgehead atoms.